The number of aromatic amines is 1. The Balaban J connectivity index is 1.61. The van der Waals surface area contributed by atoms with Gasteiger partial charge in [-0.1, -0.05) is 97.0 Å². The van der Waals surface area contributed by atoms with Crippen molar-refractivity contribution < 1.29 is 105 Å². The second-order valence-corrected chi connectivity index (χ2v) is 33.0. The number of H-pyrrole nitrogens is 1. The number of para-hydroxylation sites is 1. The van der Waals surface area contributed by atoms with Gasteiger partial charge in [0.25, 0.3) is 16.0 Å². The van der Waals surface area contributed by atoms with Gasteiger partial charge >= 0.3 is 0 Å². The van der Waals surface area contributed by atoms with Gasteiger partial charge in [-0.15, -0.1) is 0 Å². The fraction of sp³-hybridized carbons (Fsp3) is 0.579. The number of aliphatic imine (C=N–C) groups is 1. The average molecular weight is 1690 g/mol. The molecular weight excluding hydrogens is 1580 g/mol. The molecule has 119 heavy (non-hydrogen) atoms. The van der Waals surface area contributed by atoms with Crippen LogP contribution in [0, 0.1) is 17.3 Å². The number of benzene rings is 2. The molecule has 43 heteroatoms. The summed E-state index contributed by atoms with van der Waals surface area (Å²) in [6.45, 7) is 12.7. The molecule has 2 fully saturated rings. The minimum Gasteiger partial charge on any atom is -0.391 e. The monoisotopic (exact) mass is 1690 g/mol. The fourth-order valence-corrected chi connectivity index (χ4v) is 14.2. The first kappa shape index (κ1) is 97.8. The Morgan fingerprint density at radius 3 is 1.85 bits per heavy atom. The standard InChI is InChI=1S/C76H114N20O22S/c1-38(2)30-48-64(105)85-50(33-56(78)101)66(107)91-59(41(6)98)73(114)93(11)35-57(102)96(60(42(7)99)74(115)94(12)53(67(108)86-48)26-27-55(77)100)72(113)52(36-119(116,117)118)89-63(104)47(24-18-28-81-75(79)80)84-65(106)49(32-44-34-82-46-23-17-16-22-45(44)46)87-70(111)61(76(8,9)10)92-69(110)58(39(3)4)90-68(109)54-25-19-29-95(54)71(112)51(31-43-20-14-13-15-21-43)88-62(103)40(5)83-37-97/h13-17,20-23,34,37-42,47-54,58-61,82,98-99H,18-19,24-33,35-36H2,1-12H3,(H2,77,100)(H2,78,101)(H,83,97)(H,84,106)(H,85,105)(H,86,108)(H,87,111)(H,88,103)(H,89,104)(H,90,109)(H,91,107)(H,92,110)(H4,79,80,81)(H,116,117,118). The van der Waals surface area contributed by atoms with Crippen molar-refractivity contribution in [3.63, 3.8) is 0 Å². The quantitative estimate of drug-likeness (QED) is 0.00847. The molecule has 0 radical (unpaired) electrons. The maximum absolute atomic E-state index is 15.7. The fourth-order valence-electron chi connectivity index (χ4n) is 13.6. The summed E-state index contributed by atoms with van der Waals surface area (Å²) in [5.41, 5.74) is 22.6. The number of aromatic nitrogens is 1. The Kier molecular flexibility index (Phi) is 36.3. The van der Waals surface area contributed by atoms with E-state index >= 15 is 28.8 Å². The summed E-state index contributed by atoms with van der Waals surface area (Å²) in [6, 6.07) is -7.90. The van der Waals surface area contributed by atoms with E-state index in [0.29, 0.717) is 44.7 Å². The summed E-state index contributed by atoms with van der Waals surface area (Å²) in [5, 5.41) is 48.0. The molecule has 3 heterocycles. The second-order valence-electron chi connectivity index (χ2n) is 31.5. The summed E-state index contributed by atoms with van der Waals surface area (Å²) in [5.74, 6) is -22.8. The first-order chi connectivity index (χ1) is 55.6. The number of hydrogen-bond donors (Lipinski definition) is 18. The molecule has 1 aromatic heterocycles. The Hall–Kier alpha value is -11.7. The van der Waals surface area contributed by atoms with Gasteiger partial charge in [-0.05, 0) is 93.7 Å². The van der Waals surface area contributed by atoms with E-state index in [2.05, 4.69) is 63.1 Å². The van der Waals surface area contributed by atoms with Crippen LogP contribution in [0.5, 0.6) is 0 Å². The Bertz CT molecular complexity index is 4340. The predicted octanol–water partition coefficient (Wildman–Crippen LogP) is -5.94. The molecule has 0 aliphatic carbocycles. The van der Waals surface area contributed by atoms with Crippen LogP contribution in [0.4, 0.5) is 0 Å². The van der Waals surface area contributed by atoms with E-state index in [1.807, 2.05) is 0 Å². The van der Waals surface area contributed by atoms with E-state index in [4.69, 9.17) is 22.9 Å². The number of rotatable bonds is 36. The predicted molar refractivity (Wildman–Crippen MR) is 428 cm³/mol. The lowest BCUT2D eigenvalue weighted by Gasteiger charge is -2.38. The first-order valence-electron chi connectivity index (χ1n) is 38.7. The number of carbonyl (C=O) groups is 17. The maximum Gasteiger partial charge on any atom is 0.267 e. The van der Waals surface area contributed by atoms with E-state index in [1.165, 1.54) is 18.0 Å². The largest absolute Gasteiger partial charge is 0.391 e. The number of hydrogen-bond acceptors (Lipinski definition) is 22. The van der Waals surface area contributed by atoms with Crippen molar-refractivity contribution in [2.75, 3.05) is 39.5 Å². The molecule has 17 amide bonds. The van der Waals surface area contributed by atoms with Gasteiger partial charge in [0, 0.05) is 63.5 Å². The smallest absolute Gasteiger partial charge is 0.267 e. The van der Waals surface area contributed by atoms with Crippen LogP contribution < -0.4 is 76.1 Å². The van der Waals surface area contributed by atoms with Crippen LogP contribution in [0.1, 0.15) is 132 Å². The number of amides is 17. The van der Waals surface area contributed by atoms with E-state index < -0.39 is 263 Å². The van der Waals surface area contributed by atoms with Gasteiger partial charge in [0.05, 0.1) is 25.2 Å². The van der Waals surface area contributed by atoms with E-state index in [0.717, 1.165) is 27.9 Å². The number of primary amides is 2. The summed E-state index contributed by atoms with van der Waals surface area (Å²) >= 11 is 0. The number of guanidine groups is 1. The summed E-state index contributed by atoms with van der Waals surface area (Å²) in [7, 11) is -3.86. The van der Waals surface area contributed by atoms with Crippen LogP contribution in [0.2, 0.25) is 0 Å². The number of likely N-dealkylation sites (N-methyl/N-ethyl adjacent to an activating group) is 2. The normalized spacial score (nSPS) is 20.4. The minimum atomic E-state index is -5.62. The molecule has 3 aromatic rings. The lowest BCUT2D eigenvalue weighted by molar-refractivity contribution is -0.163. The zero-order valence-corrected chi connectivity index (χ0v) is 69.4. The van der Waals surface area contributed by atoms with Crippen LogP contribution in [0.3, 0.4) is 0 Å². The first-order valence-corrected chi connectivity index (χ1v) is 40.3. The molecule has 15 unspecified atom stereocenters. The third-order valence-electron chi connectivity index (χ3n) is 19.9. The zero-order valence-electron chi connectivity index (χ0n) is 68.6. The number of likely N-dealkylation sites (tertiary alicyclic amines) is 1. The molecule has 2 aliphatic rings. The highest BCUT2D eigenvalue weighted by molar-refractivity contribution is 7.85. The number of nitrogens with two attached hydrogens (primary N) is 4. The van der Waals surface area contributed by atoms with E-state index in [9.17, 15) is 75.9 Å². The molecule has 22 N–H and O–H groups in total. The number of imide groups is 1. The van der Waals surface area contributed by atoms with Crippen molar-refractivity contribution >= 4 is 128 Å². The van der Waals surface area contributed by atoms with Gasteiger partial charge in [0.1, 0.15) is 84.3 Å². The van der Waals surface area contributed by atoms with Gasteiger partial charge in [0.2, 0.25) is 95.0 Å². The van der Waals surface area contributed by atoms with Gasteiger partial charge < -0.3 is 106 Å². The number of nitrogens with one attached hydrogen (secondary N) is 11. The van der Waals surface area contributed by atoms with E-state index in [1.54, 1.807) is 103 Å². The molecule has 5 rings (SSSR count). The second kappa shape index (κ2) is 44.2. The lowest BCUT2D eigenvalue weighted by atomic mass is 9.85. The van der Waals surface area contributed by atoms with Crippen molar-refractivity contribution in [3.8, 4) is 0 Å². The van der Waals surface area contributed by atoms with Crippen LogP contribution in [-0.2, 0) is 104 Å². The van der Waals surface area contributed by atoms with Crippen molar-refractivity contribution in [1.82, 2.24) is 77.8 Å². The number of aliphatic hydroxyl groups excluding tert-OH is 2. The third-order valence-corrected chi connectivity index (χ3v) is 20.6. The van der Waals surface area contributed by atoms with E-state index in [-0.39, 0.29) is 43.7 Å². The van der Waals surface area contributed by atoms with Crippen LogP contribution in [-0.4, -0.2) is 285 Å². The van der Waals surface area contributed by atoms with Crippen LogP contribution in [0.15, 0.2) is 65.8 Å². The number of aliphatic hydroxyl groups is 2. The molecular formula is C76H114N20O22S. The Labute approximate surface area is 688 Å². The average Bonchev–Trinajstić information content (AvgIpc) is 1.28. The molecule has 15 atom stereocenters. The minimum absolute atomic E-state index is 0.000265. The van der Waals surface area contributed by atoms with Crippen LogP contribution >= 0.6 is 0 Å². The molecule has 2 aromatic carbocycles. The SMILES string of the molecule is CC(C)CC1NC(=O)C(CCC(N)=O)N(C)C(=O)C(C(C)O)N(C(=O)C(CS(=O)(=O)O)NC(=O)C(CCCN=C(N)N)NC(=O)C(Cc2c[nH]c3ccccc23)NC(=O)C(NC(=O)C(NC(=O)C2CCCN2C(=O)C(Cc2ccccc2)NC(=O)C(C)NC=O)C(C)C)C(C)(C)C)C(=O)CN(C)C(=O)C(C(C)O)NC(=O)C(CC(N)=O)NC1=O. The molecule has 42 nitrogen and oxygen atoms in total. The molecule has 0 bridgehead atoms. The van der Waals surface area contributed by atoms with Gasteiger partial charge in [-0.2, -0.15) is 8.42 Å². The highest BCUT2D eigenvalue weighted by Crippen LogP contribution is 2.26. The molecule has 656 valence electrons. The van der Waals surface area contributed by atoms with Crippen molar-refractivity contribution in [2.45, 2.75) is 224 Å². The number of fused-ring (bicyclic) bond motifs is 1. The van der Waals surface area contributed by atoms with Crippen molar-refractivity contribution in [1.29, 1.82) is 0 Å². The Morgan fingerprint density at radius 1 is 0.672 bits per heavy atom. The highest BCUT2D eigenvalue weighted by atomic mass is 32.2. The Morgan fingerprint density at radius 2 is 1.27 bits per heavy atom. The topological polar surface area (TPSA) is 651 Å². The third kappa shape index (κ3) is 28.8. The highest BCUT2D eigenvalue weighted by Gasteiger charge is 2.48. The van der Waals surface area contributed by atoms with Crippen molar-refractivity contribution in [3.05, 3.63) is 71.9 Å². The number of carbonyl (C=O) groups excluding carboxylic acids is 17. The summed E-state index contributed by atoms with van der Waals surface area (Å²) < 4.78 is 37.2. The maximum atomic E-state index is 15.7. The lowest BCUT2D eigenvalue weighted by Crippen LogP contribution is -2.66. The molecule has 0 saturated carbocycles. The van der Waals surface area contributed by atoms with Crippen LogP contribution in [0.25, 0.3) is 10.9 Å². The molecule has 2 saturated heterocycles. The van der Waals surface area contributed by atoms with Gasteiger partial charge in [-0.3, -0.25) is 96.0 Å². The zero-order chi connectivity index (χ0) is 89.4. The number of nitrogens with zero attached hydrogens (tertiary/aromatic N) is 5. The summed E-state index contributed by atoms with van der Waals surface area (Å²) in [4.78, 5) is 252. The molecule has 2 aliphatic heterocycles. The van der Waals surface area contributed by atoms with Gasteiger partial charge in [-0.25, -0.2) is 0 Å². The molecule has 0 spiro atoms. The summed E-state index contributed by atoms with van der Waals surface area (Å²) in [6.07, 6.45) is -5.69. The van der Waals surface area contributed by atoms with Gasteiger partial charge in [0.15, 0.2) is 5.96 Å². The van der Waals surface area contributed by atoms with Crippen molar-refractivity contribution in [2.24, 2.45) is 45.2 Å².